The van der Waals surface area contributed by atoms with Crippen molar-refractivity contribution in [2.24, 2.45) is 0 Å². The molecule has 0 saturated heterocycles. The van der Waals surface area contributed by atoms with Crippen molar-refractivity contribution in [3.63, 3.8) is 0 Å². The first kappa shape index (κ1) is 20.7. The second-order valence-corrected chi connectivity index (χ2v) is 7.81. The number of nitrogens with one attached hydrogen (secondary N) is 1. The van der Waals surface area contributed by atoms with E-state index < -0.39 is 0 Å². The lowest BCUT2D eigenvalue weighted by molar-refractivity contribution is -0.132. The Labute approximate surface area is 185 Å². The third-order valence-electron chi connectivity index (χ3n) is 5.36. The number of hydrogen-bond donors (Lipinski definition) is 1. The minimum atomic E-state index is -0.110. The van der Waals surface area contributed by atoms with Gasteiger partial charge in [-0.1, -0.05) is 35.9 Å². The fourth-order valence-electron chi connectivity index (χ4n) is 3.40. The van der Waals surface area contributed by atoms with Gasteiger partial charge < -0.3 is 4.90 Å². The Balaban J connectivity index is 1.51. The fourth-order valence-corrected chi connectivity index (χ4v) is 3.60. The van der Waals surface area contributed by atoms with Crippen LogP contribution in [0.4, 0.5) is 0 Å². The van der Waals surface area contributed by atoms with Gasteiger partial charge in [-0.05, 0) is 49.8 Å². The van der Waals surface area contributed by atoms with E-state index in [1.807, 2.05) is 62.4 Å². The standard InChI is InChI=1S/C22H23N7OS/c1-15-5-4-6-18(11-15)21-25-26-22(31)28(21)12-20(30)27(3)16(2)17-7-9-19(10-8-17)29-14-23-13-24-29/h4-11,13-14,16H,12H2,1-3H3,(H,26,31)/t16-/m0/s1. The number of nitrogens with zero attached hydrogens (tertiary/aromatic N) is 6. The third-order valence-corrected chi connectivity index (χ3v) is 5.67. The molecule has 2 heterocycles. The number of aromatic nitrogens is 6. The van der Waals surface area contributed by atoms with Crippen LogP contribution in [0.2, 0.25) is 0 Å². The lowest BCUT2D eigenvalue weighted by Crippen LogP contribution is -2.32. The van der Waals surface area contributed by atoms with Crippen molar-refractivity contribution in [3.8, 4) is 17.1 Å². The van der Waals surface area contributed by atoms with Crippen molar-refractivity contribution in [1.29, 1.82) is 0 Å². The normalized spacial score (nSPS) is 12.0. The van der Waals surface area contributed by atoms with Crippen molar-refractivity contribution in [2.45, 2.75) is 26.4 Å². The minimum Gasteiger partial charge on any atom is -0.337 e. The molecule has 4 rings (SSSR count). The van der Waals surface area contributed by atoms with Gasteiger partial charge in [-0.3, -0.25) is 14.5 Å². The summed E-state index contributed by atoms with van der Waals surface area (Å²) < 4.78 is 3.85. The summed E-state index contributed by atoms with van der Waals surface area (Å²) in [5.74, 6) is 0.597. The van der Waals surface area contributed by atoms with Crippen molar-refractivity contribution in [1.82, 2.24) is 34.4 Å². The molecule has 8 nitrogen and oxygen atoms in total. The third kappa shape index (κ3) is 4.31. The van der Waals surface area contributed by atoms with E-state index in [-0.39, 0.29) is 18.5 Å². The lowest BCUT2D eigenvalue weighted by atomic mass is 10.1. The number of rotatable bonds is 6. The van der Waals surface area contributed by atoms with E-state index in [9.17, 15) is 4.79 Å². The number of H-pyrrole nitrogens is 1. The van der Waals surface area contributed by atoms with Crippen LogP contribution in [0, 0.1) is 11.7 Å². The predicted octanol–water partition coefficient (Wildman–Crippen LogP) is 3.72. The molecule has 1 amide bonds. The van der Waals surface area contributed by atoms with Gasteiger partial charge >= 0.3 is 0 Å². The molecule has 4 aromatic rings. The molecule has 2 aromatic heterocycles. The summed E-state index contributed by atoms with van der Waals surface area (Å²) in [5.41, 5.74) is 3.97. The Morgan fingerprint density at radius 3 is 2.68 bits per heavy atom. The van der Waals surface area contributed by atoms with Crippen LogP contribution in [0.5, 0.6) is 0 Å². The number of benzene rings is 2. The molecular formula is C22H23N7OS. The smallest absolute Gasteiger partial charge is 0.242 e. The van der Waals surface area contributed by atoms with E-state index in [0.717, 1.165) is 22.4 Å². The highest BCUT2D eigenvalue weighted by Crippen LogP contribution is 2.22. The van der Waals surface area contributed by atoms with Gasteiger partial charge in [0, 0.05) is 12.6 Å². The largest absolute Gasteiger partial charge is 0.337 e. The van der Waals surface area contributed by atoms with Gasteiger partial charge in [0.15, 0.2) is 10.6 Å². The summed E-state index contributed by atoms with van der Waals surface area (Å²) in [6.07, 6.45) is 3.14. The zero-order valence-corrected chi connectivity index (χ0v) is 18.4. The van der Waals surface area contributed by atoms with Gasteiger partial charge in [0.2, 0.25) is 5.91 Å². The number of carbonyl (C=O) groups excluding carboxylic acids is 1. The topological polar surface area (TPSA) is 84.6 Å². The second-order valence-electron chi connectivity index (χ2n) is 7.42. The van der Waals surface area contributed by atoms with Crippen LogP contribution in [-0.4, -0.2) is 47.4 Å². The SMILES string of the molecule is Cc1cccc(-c2n[nH]c(=S)n2CC(=O)N(C)[C@@H](C)c2ccc(-n3cncn3)cc2)c1. The first-order chi connectivity index (χ1) is 14.9. The first-order valence-electron chi connectivity index (χ1n) is 9.87. The van der Waals surface area contributed by atoms with Crippen molar-refractivity contribution >= 4 is 18.1 Å². The number of likely N-dealkylation sites (N-methyl/N-ethyl adjacent to an activating group) is 1. The Bertz CT molecular complexity index is 1240. The molecule has 158 valence electrons. The highest BCUT2D eigenvalue weighted by Gasteiger charge is 2.20. The molecule has 0 fully saturated rings. The van der Waals surface area contributed by atoms with Gasteiger partial charge in [-0.2, -0.15) is 10.2 Å². The number of amides is 1. The molecule has 0 spiro atoms. The van der Waals surface area contributed by atoms with Crippen LogP contribution in [0.3, 0.4) is 0 Å². The highest BCUT2D eigenvalue weighted by molar-refractivity contribution is 7.71. The van der Waals surface area contributed by atoms with Crippen LogP contribution in [0.25, 0.3) is 17.1 Å². The van der Waals surface area contributed by atoms with Gasteiger partial charge in [-0.15, -0.1) is 0 Å². The van der Waals surface area contributed by atoms with Crippen LogP contribution in [0.15, 0.2) is 61.2 Å². The van der Waals surface area contributed by atoms with Crippen LogP contribution >= 0.6 is 12.2 Å². The number of carbonyl (C=O) groups is 1. The maximum atomic E-state index is 13.1. The second kappa shape index (κ2) is 8.65. The maximum Gasteiger partial charge on any atom is 0.242 e. The van der Waals surface area contributed by atoms with Gasteiger partial charge in [0.05, 0.1) is 11.7 Å². The lowest BCUT2D eigenvalue weighted by Gasteiger charge is -2.26. The maximum absolute atomic E-state index is 13.1. The Hall–Kier alpha value is -3.59. The number of aryl methyl sites for hydroxylation is 1. The van der Waals surface area contributed by atoms with Crippen molar-refractivity contribution in [2.75, 3.05) is 7.05 Å². The van der Waals surface area contributed by atoms with Crippen LogP contribution < -0.4 is 0 Å². The summed E-state index contributed by atoms with van der Waals surface area (Å²) in [7, 11) is 1.80. The summed E-state index contributed by atoms with van der Waals surface area (Å²) >= 11 is 5.38. The highest BCUT2D eigenvalue weighted by atomic mass is 32.1. The molecule has 0 aliphatic carbocycles. The average Bonchev–Trinajstić information content (AvgIpc) is 3.43. The number of aromatic amines is 1. The minimum absolute atomic E-state index is 0.0562. The van der Waals surface area contributed by atoms with Gasteiger partial charge in [0.1, 0.15) is 19.2 Å². The summed E-state index contributed by atoms with van der Waals surface area (Å²) in [4.78, 5) is 18.8. The van der Waals surface area contributed by atoms with Crippen molar-refractivity contribution in [3.05, 3.63) is 77.1 Å². The van der Waals surface area contributed by atoms with E-state index in [2.05, 4.69) is 20.3 Å². The first-order valence-corrected chi connectivity index (χ1v) is 10.3. The van der Waals surface area contributed by atoms with Gasteiger partial charge in [-0.25, -0.2) is 9.67 Å². The summed E-state index contributed by atoms with van der Waals surface area (Å²) in [6.45, 7) is 4.12. The molecule has 1 N–H and O–H groups in total. The quantitative estimate of drug-likeness (QED) is 0.469. The molecule has 0 bridgehead atoms. The Morgan fingerprint density at radius 1 is 1.23 bits per heavy atom. The number of hydrogen-bond acceptors (Lipinski definition) is 5. The van der Waals surface area contributed by atoms with E-state index in [1.165, 1.54) is 6.33 Å². The molecule has 31 heavy (non-hydrogen) atoms. The molecule has 0 radical (unpaired) electrons. The molecule has 2 aromatic carbocycles. The monoisotopic (exact) mass is 433 g/mol. The Kier molecular flexibility index (Phi) is 5.77. The summed E-state index contributed by atoms with van der Waals surface area (Å²) in [5, 5.41) is 11.3. The fraction of sp³-hybridized carbons (Fsp3) is 0.227. The van der Waals surface area contributed by atoms with Crippen LogP contribution in [0.1, 0.15) is 24.1 Å². The van der Waals surface area contributed by atoms with Crippen molar-refractivity contribution < 1.29 is 4.79 Å². The Morgan fingerprint density at radius 2 is 2.00 bits per heavy atom. The summed E-state index contributed by atoms with van der Waals surface area (Å²) in [6, 6.07) is 15.8. The van der Waals surface area contributed by atoms with E-state index in [0.29, 0.717) is 10.6 Å². The average molecular weight is 434 g/mol. The molecule has 0 aliphatic rings. The van der Waals surface area contributed by atoms with E-state index >= 15 is 0 Å². The zero-order valence-electron chi connectivity index (χ0n) is 17.6. The molecule has 0 aliphatic heterocycles. The molecular weight excluding hydrogens is 410 g/mol. The predicted molar refractivity (Wildman–Crippen MR) is 120 cm³/mol. The molecule has 1 atom stereocenters. The molecule has 0 saturated carbocycles. The van der Waals surface area contributed by atoms with E-state index in [4.69, 9.17) is 12.2 Å². The molecule has 0 unspecified atom stereocenters. The van der Waals surface area contributed by atoms with Gasteiger partial charge in [0.25, 0.3) is 0 Å². The van der Waals surface area contributed by atoms with E-state index in [1.54, 1.807) is 27.5 Å². The molecule has 9 heteroatoms. The zero-order chi connectivity index (χ0) is 22.0. The van der Waals surface area contributed by atoms with Crippen LogP contribution in [-0.2, 0) is 11.3 Å².